The maximum atomic E-state index is 12.8. The lowest BCUT2D eigenvalue weighted by atomic mass is 9.95. The summed E-state index contributed by atoms with van der Waals surface area (Å²) in [6, 6.07) is -1.06. The van der Waals surface area contributed by atoms with Gasteiger partial charge in [0, 0.05) is 0 Å². The second-order valence-corrected chi connectivity index (χ2v) is 4.03. The van der Waals surface area contributed by atoms with E-state index in [2.05, 4.69) is 0 Å². The molecule has 0 aromatic rings. The third-order valence-electron chi connectivity index (χ3n) is 2.50. The van der Waals surface area contributed by atoms with E-state index in [-0.39, 0.29) is 18.3 Å². The minimum atomic E-state index is -3.10. The molecule has 0 aromatic carbocycles. The zero-order valence-corrected chi connectivity index (χ0v) is 9.80. The van der Waals surface area contributed by atoms with Crippen LogP contribution in [0.5, 0.6) is 0 Å². The lowest BCUT2D eigenvalue weighted by molar-refractivity contribution is -0.183. The molecule has 0 aromatic heterocycles. The molecule has 16 heavy (non-hydrogen) atoms. The van der Waals surface area contributed by atoms with Gasteiger partial charge in [0.05, 0.1) is 18.7 Å². The fourth-order valence-corrected chi connectivity index (χ4v) is 1.37. The molecule has 1 heterocycles. The summed E-state index contributed by atoms with van der Waals surface area (Å²) >= 11 is 0. The predicted octanol–water partition coefficient (Wildman–Crippen LogP) is 0.761. The standard InChI is InChI=1S/C9H13F2N3O.ClH/c1-5(2)7(13)8(15)14-4-9(10,11)6(14)3-12;/h5-7H,4,13H2,1-2H3;1H. The molecule has 2 N–H and O–H groups in total. The van der Waals surface area contributed by atoms with Crippen LogP contribution in [0.25, 0.3) is 0 Å². The van der Waals surface area contributed by atoms with Crippen LogP contribution in [-0.2, 0) is 4.79 Å². The number of halogens is 3. The highest BCUT2D eigenvalue weighted by Gasteiger charge is 2.57. The van der Waals surface area contributed by atoms with Crippen LogP contribution in [0, 0.1) is 17.2 Å². The first-order valence-electron chi connectivity index (χ1n) is 4.64. The minimum Gasteiger partial charge on any atom is -0.320 e. The van der Waals surface area contributed by atoms with E-state index in [9.17, 15) is 13.6 Å². The first-order chi connectivity index (χ1) is 6.81. The van der Waals surface area contributed by atoms with Crippen LogP contribution in [0.4, 0.5) is 8.78 Å². The van der Waals surface area contributed by atoms with E-state index in [1.165, 1.54) is 6.07 Å². The Bertz CT molecular complexity index is 316. The Morgan fingerprint density at radius 3 is 2.44 bits per heavy atom. The van der Waals surface area contributed by atoms with Crippen molar-refractivity contribution in [1.82, 2.24) is 4.90 Å². The second-order valence-electron chi connectivity index (χ2n) is 4.03. The van der Waals surface area contributed by atoms with Gasteiger partial charge in [0.1, 0.15) is 0 Å². The van der Waals surface area contributed by atoms with Gasteiger partial charge < -0.3 is 10.6 Å². The zero-order chi connectivity index (χ0) is 11.8. The molecular weight excluding hydrogens is 240 g/mol. The highest BCUT2D eigenvalue weighted by Crippen LogP contribution is 2.34. The Morgan fingerprint density at radius 2 is 2.12 bits per heavy atom. The van der Waals surface area contributed by atoms with Gasteiger partial charge >= 0.3 is 0 Å². The topological polar surface area (TPSA) is 70.1 Å². The number of rotatable bonds is 2. The number of hydrogen-bond donors (Lipinski definition) is 1. The number of alkyl halides is 2. The number of carbonyl (C=O) groups excluding carboxylic acids is 1. The van der Waals surface area contributed by atoms with Gasteiger partial charge in [-0.1, -0.05) is 13.8 Å². The average Bonchev–Trinajstić information content (AvgIpc) is 2.12. The molecule has 0 aliphatic carbocycles. The van der Waals surface area contributed by atoms with Gasteiger partial charge in [-0.05, 0) is 5.92 Å². The molecule has 0 spiro atoms. The SMILES string of the molecule is CC(C)C(N)C(=O)N1CC(F)(F)C1C#N.Cl. The zero-order valence-electron chi connectivity index (χ0n) is 8.98. The van der Waals surface area contributed by atoms with Crippen molar-refractivity contribution in [3.05, 3.63) is 0 Å². The molecule has 2 unspecified atom stereocenters. The lowest BCUT2D eigenvalue weighted by Gasteiger charge is -2.44. The molecule has 1 aliphatic heterocycles. The van der Waals surface area contributed by atoms with Crippen molar-refractivity contribution in [3.63, 3.8) is 0 Å². The second kappa shape index (κ2) is 4.93. The van der Waals surface area contributed by atoms with E-state index in [0.717, 1.165) is 4.90 Å². The molecule has 1 saturated heterocycles. The van der Waals surface area contributed by atoms with Crippen molar-refractivity contribution in [2.45, 2.75) is 31.9 Å². The average molecular weight is 254 g/mol. The van der Waals surface area contributed by atoms with E-state index in [1.807, 2.05) is 0 Å². The summed E-state index contributed by atoms with van der Waals surface area (Å²) in [5.41, 5.74) is 5.53. The van der Waals surface area contributed by atoms with Crippen molar-refractivity contribution < 1.29 is 13.6 Å². The van der Waals surface area contributed by atoms with E-state index in [1.54, 1.807) is 13.8 Å². The van der Waals surface area contributed by atoms with Gasteiger partial charge in [-0.15, -0.1) is 12.4 Å². The van der Waals surface area contributed by atoms with Crippen LogP contribution in [0.15, 0.2) is 0 Å². The van der Waals surface area contributed by atoms with Gasteiger partial charge in [-0.3, -0.25) is 4.79 Å². The first kappa shape index (κ1) is 15.1. The smallest absolute Gasteiger partial charge is 0.298 e. The third kappa shape index (κ3) is 2.42. The van der Waals surface area contributed by atoms with E-state index >= 15 is 0 Å². The Kier molecular flexibility index (Phi) is 4.65. The van der Waals surface area contributed by atoms with Gasteiger partial charge in [0.15, 0.2) is 6.04 Å². The molecule has 1 fully saturated rings. The first-order valence-corrected chi connectivity index (χ1v) is 4.64. The minimum absolute atomic E-state index is 0. The maximum absolute atomic E-state index is 12.8. The molecular formula is C9H14ClF2N3O. The van der Waals surface area contributed by atoms with E-state index in [4.69, 9.17) is 11.0 Å². The quantitative estimate of drug-likeness (QED) is 0.790. The largest absolute Gasteiger partial charge is 0.320 e. The van der Waals surface area contributed by atoms with Gasteiger partial charge in [-0.25, -0.2) is 8.78 Å². The molecule has 2 atom stereocenters. The number of likely N-dealkylation sites (tertiary alicyclic amines) is 1. The number of carbonyl (C=O) groups is 1. The summed E-state index contributed by atoms with van der Waals surface area (Å²) in [6.45, 7) is 2.74. The molecule has 7 heteroatoms. The lowest BCUT2D eigenvalue weighted by Crippen LogP contribution is -2.68. The van der Waals surface area contributed by atoms with Crippen molar-refractivity contribution in [2.75, 3.05) is 6.54 Å². The van der Waals surface area contributed by atoms with Gasteiger partial charge in [0.25, 0.3) is 5.92 Å². The van der Waals surface area contributed by atoms with Crippen molar-refractivity contribution >= 4 is 18.3 Å². The van der Waals surface area contributed by atoms with Crippen molar-refractivity contribution in [1.29, 1.82) is 5.26 Å². The number of nitrogens with zero attached hydrogens (tertiary/aromatic N) is 2. The molecule has 92 valence electrons. The van der Waals surface area contributed by atoms with E-state index < -0.39 is 30.5 Å². The highest BCUT2D eigenvalue weighted by atomic mass is 35.5. The van der Waals surface area contributed by atoms with Crippen LogP contribution in [0.3, 0.4) is 0 Å². The monoisotopic (exact) mass is 253 g/mol. The summed E-state index contributed by atoms with van der Waals surface area (Å²) < 4.78 is 25.6. The number of nitriles is 1. The van der Waals surface area contributed by atoms with Crippen molar-refractivity contribution in [3.8, 4) is 6.07 Å². The normalized spacial score (nSPS) is 24.1. The Hall–Kier alpha value is -0.930. The summed E-state index contributed by atoms with van der Waals surface area (Å²) in [7, 11) is 0. The van der Waals surface area contributed by atoms with Gasteiger partial charge in [-0.2, -0.15) is 5.26 Å². The van der Waals surface area contributed by atoms with Crippen LogP contribution in [0.2, 0.25) is 0 Å². The fourth-order valence-electron chi connectivity index (χ4n) is 1.37. The highest BCUT2D eigenvalue weighted by molar-refractivity contribution is 5.85. The molecule has 1 rings (SSSR count). The number of amides is 1. The van der Waals surface area contributed by atoms with Crippen LogP contribution < -0.4 is 5.73 Å². The summed E-state index contributed by atoms with van der Waals surface area (Å²) in [5, 5.41) is 8.50. The van der Waals surface area contributed by atoms with Gasteiger partial charge in [0.2, 0.25) is 5.91 Å². The van der Waals surface area contributed by atoms with Crippen LogP contribution in [-0.4, -0.2) is 35.4 Å². The molecule has 0 radical (unpaired) electrons. The number of hydrogen-bond acceptors (Lipinski definition) is 3. The Labute approximate surface area is 98.8 Å². The maximum Gasteiger partial charge on any atom is 0.298 e. The number of nitrogens with two attached hydrogens (primary N) is 1. The molecule has 1 aliphatic rings. The predicted molar refractivity (Wildman–Crippen MR) is 56.1 cm³/mol. The molecule has 4 nitrogen and oxygen atoms in total. The molecule has 0 saturated carbocycles. The Balaban J connectivity index is 0.00000225. The Morgan fingerprint density at radius 1 is 1.62 bits per heavy atom. The summed E-state index contributed by atoms with van der Waals surface area (Å²) in [5.74, 6) is -3.81. The fraction of sp³-hybridized carbons (Fsp3) is 0.778. The summed E-state index contributed by atoms with van der Waals surface area (Å²) in [6.07, 6.45) is 0. The van der Waals surface area contributed by atoms with Crippen LogP contribution in [0.1, 0.15) is 13.8 Å². The summed E-state index contributed by atoms with van der Waals surface area (Å²) in [4.78, 5) is 12.4. The molecule has 1 amide bonds. The van der Waals surface area contributed by atoms with Crippen LogP contribution >= 0.6 is 12.4 Å². The van der Waals surface area contributed by atoms with Crippen molar-refractivity contribution in [2.24, 2.45) is 11.7 Å². The molecule has 0 bridgehead atoms. The third-order valence-corrected chi connectivity index (χ3v) is 2.50. The van der Waals surface area contributed by atoms with E-state index in [0.29, 0.717) is 0 Å².